The van der Waals surface area contributed by atoms with Crippen molar-refractivity contribution in [3.63, 3.8) is 0 Å². The van der Waals surface area contributed by atoms with Crippen LogP contribution in [0.15, 0.2) is 6.07 Å². The Kier molecular flexibility index (Phi) is 2.76. The summed E-state index contributed by atoms with van der Waals surface area (Å²) >= 11 is 1.64. The van der Waals surface area contributed by atoms with Crippen molar-refractivity contribution in [3.05, 3.63) is 21.4 Å². The van der Waals surface area contributed by atoms with Gasteiger partial charge in [0.05, 0.1) is 6.04 Å². The summed E-state index contributed by atoms with van der Waals surface area (Å²) in [6, 6.07) is 1.05. The smallest absolute Gasteiger partial charge is 0.277 e. The molecular formula is C14H16N2O3S. The van der Waals surface area contributed by atoms with Gasteiger partial charge in [0, 0.05) is 9.75 Å². The van der Waals surface area contributed by atoms with Crippen LogP contribution >= 0.6 is 11.3 Å². The fraction of sp³-hybridized carbons (Fsp3) is 0.500. The largest absolute Gasteiger partial charge is 0.331 e. The maximum absolute atomic E-state index is 12.5. The zero-order chi connectivity index (χ0) is 14.7. The second kappa shape index (κ2) is 4.15. The highest BCUT2D eigenvalue weighted by molar-refractivity contribution is 7.12. The number of nitrogens with zero attached hydrogens (tertiary/aromatic N) is 1. The lowest BCUT2D eigenvalue weighted by Crippen LogP contribution is -2.59. The molecule has 1 aliphatic heterocycles. The molecule has 1 atom stereocenters. The van der Waals surface area contributed by atoms with E-state index in [4.69, 9.17) is 0 Å². The van der Waals surface area contributed by atoms with Gasteiger partial charge in [-0.15, -0.1) is 11.3 Å². The number of carbonyl (C=O) groups is 3. The lowest BCUT2D eigenvalue weighted by molar-refractivity contribution is -0.146. The molecule has 1 spiro atoms. The van der Waals surface area contributed by atoms with Crippen LogP contribution in [-0.2, 0) is 9.59 Å². The van der Waals surface area contributed by atoms with Gasteiger partial charge in [-0.05, 0) is 45.2 Å². The minimum atomic E-state index is -0.971. The molecular weight excluding hydrogens is 276 g/mol. The summed E-state index contributed by atoms with van der Waals surface area (Å²) in [5, 5.41) is 2.32. The number of amides is 4. The van der Waals surface area contributed by atoms with E-state index in [0.29, 0.717) is 12.8 Å². The first kappa shape index (κ1) is 13.3. The number of thiophene rings is 1. The Hall–Kier alpha value is -1.69. The van der Waals surface area contributed by atoms with E-state index in [2.05, 4.69) is 5.32 Å². The molecule has 0 aromatic carbocycles. The number of imide groups is 2. The third-order valence-electron chi connectivity index (χ3n) is 4.17. The van der Waals surface area contributed by atoms with Gasteiger partial charge in [-0.1, -0.05) is 0 Å². The summed E-state index contributed by atoms with van der Waals surface area (Å²) in [6.07, 6.45) is 1.08. The molecule has 2 fully saturated rings. The highest BCUT2D eigenvalue weighted by Crippen LogP contribution is 2.50. The number of barbiturate groups is 1. The number of nitrogens with one attached hydrogen (secondary N) is 1. The monoisotopic (exact) mass is 292 g/mol. The van der Waals surface area contributed by atoms with E-state index in [1.54, 1.807) is 11.3 Å². The van der Waals surface area contributed by atoms with E-state index in [9.17, 15) is 14.4 Å². The van der Waals surface area contributed by atoms with Gasteiger partial charge in [-0.3, -0.25) is 19.8 Å². The van der Waals surface area contributed by atoms with Gasteiger partial charge >= 0.3 is 6.03 Å². The van der Waals surface area contributed by atoms with Gasteiger partial charge in [-0.25, -0.2) is 4.79 Å². The van der Waals surface area contributed by atoms with Crippen LogP contribution in [0.4, 0.5) is 4.79 Å². The molecule has 6 heteroatoms. The van der Waals surface area contributed by atoms with E-state index in [1.807, 2.05) is 26.8 Å². The molecule has 1 aliphatic carbocycles. The summed E-state index contributed by atoms with van der Waals surface area (Å²) in [5.41, 5.74) is 0.00220. The molecule has 1 saturated carbocycles. The molecule has 4 amide bonds. The Labute approximate surface area is 121 Å². The van der Waals surface area contributed by atoms with Gasteiger partial charge in [0.25, 0.3) is 0 Å². The van der Waals surface area contributed by atoms with Crippen LogP contribution in [0.3, 0.4) is 0 Å². The van der Waals surface area contributed by atoms with Gasteiger partial charge < -0.3 is 0 Å². The molecule has 1 saturated heterocycles. The van der Waals surface area contributed by atoms with Crippen LogP contribution in [0.5, 0.6) is 0 Å². The van der Waals surface area contributed by atoms with Crippen molar-refractivity contribution in [1.29, 1.82) is 0 Å². The average Bonchev–Trinajstić information content (AvgIpc) is 3.09. The Bertz CT molecular complexity index is 630. The topological polar surface area (TPSA) is 66.5 Å². The van der Waals surface area contributed by atoms with E-state index in [0.717, 1.165) is 15.3 Å². The highest BCUT2D eigenvalue weighted by Gasteiger charge is 2.62. The second-order valence-electron chi connectivity index (χ2n) is 5.56. The molecule has 20 heavy (non-hydrogen) atoms. The van der Waals surface area contributed by atoms with Crippen molar-refractivity contribution in [2.45, 2.75) is 39.7 Å². The third-order valence-corrected chi connectivity index (χ3v) is 5.15. The molecule has 1 unspecified atom stereocenters. The zero-order valence-electron chi connectivity index (χ0n) is 11.6. The number of urea groups is 1. The Morgan fingerprint density at radius 1 is 1.30 bits per heavy atom. The van der Waals surface area contributed by atoms with E-state index >= 15 is 0 Å². The Morgan fingerprint density at radius 3 is 2.45 bits per heavy atom. The normalized spacial score (nSPS) is 22.1. The zero-order valence-corrected chi connectivity index (χ0v) is 12.5. The number of aryl methyl sites for hydroxylation is 2. The number of hydrogen-bond donors (Lipinski definition) is 1. The summed E-state index contributed by atoms with van der Waals surface area (Å²) in [6.45, 7) is 5.81. The molecule has 2 heterocycles. The minimum absolute atomic E-state index is 0.345. The summed E-state index contributed by atoms with van der Waals surface area (Å²) in [7, 11) is 0. The molecule has 5 nitrogen and oxygen atoms in total. The predicted molar refractivity (Wildman–Crippen MR) is 74.3 cm³/mol. The fourth-order valence-corrected chi connectivity index (χ4v) is 3.84. The third kappa shape index (κ3) is 1.71. The first-order valence-electron chi connectivity index (χ1n) is 6.63. The molecule has 1 N–H and O–H groups in total. The van der Waals surface area contributed by atoms with Gasteiger partial charge in [-0.2, -0.15) is 0 Å². The first-order chi connectivity index (χ1) is 9.36. The summed E-state index contributed by atoms with van der Waals surface area (Å²) in [5.74, 6) is -0.781. The second-order valence-corrected chi connectivity index (χ2v) is 7.02. The summed E-state index contributed by atoms with van der Waals surface area (Å²) in [4.78, 5) is 39.8. The molecule has 2 aliphatic rings. The van der Waals surface area contributed by atoms with Crippen molar-refractivity contribution in [1.82, 2.24) is 10.2 Å². The maximum atomic E-state index is 12.5. The SMILES string of the molecule is Cc1cc(C(C)N2C(=O)NC(=O)C3(CC3)C2=O)c(C)s1. The quantitative estimate of drug-likeness (QED) is 0.850. The van der Waals surface area contributed by atoms with E-state index in [1.165, 1.54) is 4.90 Å². The van der Waals surface area contributed by atoms with E-state index < -0.39 is 17.4 Å². The number of rotatable bonds is 2. The van der Waals surface area contributed by atoms with Gasteiger partial charge in [0.15, 0.2) is 0 Å². The standard InChI is InChI=1S/C14H16N2O3S/c1-7-6-10(9(3)20-7)8(2)16-12(18)14(4-5-14)11(17)15-13(16)19/h6,8H,4-5H2,1-3H3,(H,15,17,19). The van der Waals surface area contributed by atoms with Crippen molar-refractivity contribution in [2.75, 3.05) is 0 Å². The average molecular weight is 292 g/mol. The Balaban J connectivity index is 1.96. The highest BCUT2D eigenvalue weighted by atomic mass is 32.1. The van der Waals surface area contributed by atoms with Gasteiger partial charge in [0.1, 0.15) is 5.41 Å². The van der Waals surface area contributed by atoms with Gasteiger partial charge in [0.2, 0.25) is 11.8 Å². The van der Waals surface area contributed by atoms with Crippen molar-refractivity contribution < 1.29 is 14.4 Å². The number of carbonyl (C=O) groups excluding carboxylic acids is 3. The number of hydrogen-bond acceptors (Lipinski definition) is 4. The van der Waals surface area contributed by atoms with Crippen LogP contribution in [0.2, 0.25) is 0 Å². The lowest BCUT2D eigenvalue weighted by Gasteiger charge is -2.34. The maximum Gasteiger partial charge on any atom is 0.331 e. The van der Waals surface area contributed by atoms with Crippen molar-refractivity contribution in [3.8, 4) is 0 Å². The van der Waals surface area contributed by atoms with E-state index in [-0.39, 0.29) is 11.9 Å². The molecule has 0 radical (unpaired) electrons. The van der Waals surface area contributed by atoms with Crippen LogP contribution in [0.25, 0.3) is 0 Å². The molecule has 1 aromatic heterocycles. The Morgan fingerprint density at radius 2 is 1.95 bits per heavy atom. The van der Waals surface area contributed by atoms with Crippen LogP contribution in [0, 0.1) is 19.3 Å². The van der Waals surface area contributed by atoms with Crippen LogP contribution in [-0.4, -0.2) is 22.7 Å². The molecule has 3 rings (SSSR count). The fourth-order valence-electron chi connectivity index (χ4n) is 2.82. The van der Waals surface area contributed by atoms with Crippen LogP contribution < -0.4 is 5.32 Å². The predicted octanol–water partition coefficient (Wildman–Crippen LogP) is 2.28. The lowest BCUT2D eigenvalue weighted by atomic mass is 9.98. The summed E-state index contributed by atoms with van der Waals surface area (Å²) < 4.78 is 0. The minimum Gasteiger partial charge on any atom is -0.277 e. The van der Waals surface area contributed by atoms with Crippen LogP contribution in [0.1, 0.15) is 41.1 Å². The molecule has 0 bridgehead atoms. The van der Waals surface area contributed by atoms with Crippen molar-refractivity contribution in [2.24, 2.45) is 5.41 Å². The molecule has 1 aromatic rings. The van der Waals surface area contributed by atoms with Crippen molar-refractivity contribution >= 4 is 29.2 Å². The first-order valence-corrected chi connectivity index (χ1v) is 7.44. The molecule has 106 valence electrons.